The van der Waals surface area contributed by atoms with Crippen LogP contribution in [0.1, 0.15) is 0 Å². The topological polar surface area (TPSA) is 51.8 Å². The summed E-state index contributed by atoms with van der Waals surface area (Å²) in [6.45, 7) is 0. The molecule has 0 unspecified atom stereocenters. The van der Waals surface area contributed by atoms with Crippen molar-refractivity contribution in [2.75, 3.05) is 0 Å². The van der Waals surface area contributed by atoms with E-state index in [-0.39, 0.29) is 0 Å². The second-order valence-electron chi connectivity index (χ2n) is 10.5. The Morgan fingerprint density at radius 2 is 0.767 bits per heavy atom. The van der Waals surface area contributed by atoms with Crippen LogP contribution < -0.4 is 0 Å². The molecule has 0 atom stereocenters. The average Bonchev–Trinajstić information content (AvgIpc) is 3.47. The summed E-state index contributed by atoms with van der Waals surface area (Å²) in [4.78, 5) is 14.9. The minimum atomic E-state index is 0.626. The Morgan fingerprint density at radius 1 is 0.302 bits per heavy atom. The van der Waals surface area contributed by atoms with Crippen LogP contribution in [0.3, 0.4) is 0 Å². The van der Waals surface area contributed by atoms with Gasteiger partial charge in [-0.05, 0) is 52.6 Å². The molecule has 0 N–H and O–H groups in total. The van der Waals surface area contributed by atoms with Gasteiger partial charge in [-0.25, -0.2) is 15.0 Å². The quantitative estimate of drug-likeness (QED) is 0.214. The zero-order chi connectivity index (χ0) is 28.6. The van der Waals surface area contributed by atoms with Gasteiger partial charge in [-0.2, -0.15) is 0 Å². The van der Waals surface area contributed by atoms with Crippen molar-refractivity contribution in [1.82, 2.24) is 15.0 Å². The molecule has 0 spiro atoms. The number of hydrogen-bond donors (Lipinski definition) is 0. The van der Waals surface area contributed by atoms with Gasteiger partial charge in [0.25, 0.3) is 0 Å². The molecule has 0 aliphatic heterocycles. The van der Waals surface area contributed by atoms with Gasteiger partial charge in [-0.3, -0.25) is 0 Å². The monoisotopic (exact) mass is 551 g/mol. The first-order valence-electron chi connectivity index (χ1n) is 14.3. The van der Waals surface area contributed by atoms with Crippen LogP contribution in [0.2, 0.25) is 0 Å². The first-order valence-corrected chi connectivity index (χ1v) is 14.3. The van der Waals surface area contributed by atoms with E-state index in [9.17, 15) is 0 Å². The fraction of sp³-hybridized carbons (Fsp3) is 0. The molecular formula is C39H25N3O. The van der Waals surface area contributed by atoms with Crippen LogP contribution in [0.15, 0.2) is 156 Å². The largest absolute Gasteiger partial charge is 0.456 e. The van der Waals surface area contributed by atoms with Crippen molar-refractivity contribution in [1.29, 1.82) is 0 Å². The van der Waals surface area contributed by atoms with Gasteiger partial charge in [0.05, 0.1) is 0 Å². The molecule has 202 valence electrons. The number of aromatic nitrogens is 3. The number of benzene rings is 6. The van der Waals surface area contributed by atoms with E-state index in [2.05, 4.69) is 97.1 Å². The van der Waals surface area contributed by atoms with Gasteiger partial charge in [0.15, 0.2) is 17.5 Å². The molecule has 43 heavy (non-hydrogen) atoms. The highest BCUT2D eigenvalue weighted by Gasteiger charge is 2.14. The smallest absolute Gasteiger partial charge is 0.164 e. The molecule has 0 radical (unpaired) electrons. The highest BCUT2D eigenvalue weighted by molar-refractivity contribution is 6.05. The van der Waals surface area contributed by atoms with Gasteiger partial charge in [-0.1, -0.05) is 121 Å². The number of hydrogen-bond acceptors (Lipinski definition) is 4. The lowest BCUT2D eigenvalue weighted by Gasteiger charge is -2.10. The number of fused-ring (bicyclic) bond motifs is 3. The molecule has 0 amide bonds. The summed E-state index contributed by atoms with van der Waals surface area (Å²) < 4.78 is 6.17. The molecular weight excluding hydrogens is 526 g/mol. The molecule has 0 aliphatic carbocycles. The van der Waals surface area contributed by atoms with Crippen LogP contribution in [0.25, 0.3) is 78.4 Å². The fourth-order valence-corrected chi connectivity index (χ4v) is 5.56. The maximum atomic E-state index is 6.17. The van der Waals surface area contributed by atoms with Crippen molar-refractivity contribution in [2.45, 2.75) is 0 Å². The van der Waals surface area contributed by atoms with Crippen molar-refractivity contribution in [3.05, 3.63) is 152 Å². The fourth-order valence-electron chi connectivity index (χ4n) is 5.56. The maximum Gasteiger partial charge on any atom is 0.164 e. The predicted molar refractivity (Wildman–Crippen MR) is 174 cm³/mol. The summed E-state index contributed by atoms with van der Waals surface area (Å²) in [5, 5.41) is 2.24. The third-order valence-corrected chi connectivity index (χ3v) is 7.73. The van der Waals surface area contributed by atoms with E-state index in [1.54, 1.807) is 0 Å². The van der Waals surface area contributed by atoms with Gasteiger partial charge in [0, 0.05) is 27.5 Å². The maximum absolute atomic E-state index is 6.17. The van der Waals surface area contributed by atoms with Crippen molar-refractivity contribution in [2.24, 2.45) is 0 Å². The Labute approximate surface area is 249 Å². The van der Waals surface area contributed by atoms with Crippen molar-refractivity contribution < 1.29 is 4.42 Å². The minimum absolute atomic E-state index is 0.626. The Kier molecular flexibility index (Phi) is 6.08. The van der Waals surface area contributed by atoms with E-state index in [4.69, 9.17) is 19.4 Å². The molecule has 2 aromatic heterocycles. The molecule has 4 heteroatoms. The number of nitrogens with zero attached hydrogens (tertiary/aromatic N) is 3. The molecule has 0 saturated carbocycles. The zero-order valence-electron chi connectivity index (χ0n) is 23.2. The number of para-hydroxylation sites is 1. The average molecular weight is 552 g/mol. The summed E-state index contributed by atoms with van der Waals surface area (Å²) in [5.41, 5.74) is 8.96. The predicted octanol–water partition coefficient (Wildman–Crippen LogP) is 10.1. The summed E-state index contributed by atoms with van der Waals surface area (Å²) in [6, 6.07) is 51.7. The summed E-state index contributed by atoms with van der Waals surface area (Å²) in [5.74, 6) is 1.90. The second-order valence-corrected chi connectivity index (χ2v) is 10.5. The molecule has 0 bridgehead atoms. The second kappa shape index (κ2) is 10.5. The van der Waals surface area contributed by atoms with Gasteiger partial charge in [0.1, 0.15) is 11.2 Å². The summed E-state index contributed by atoms with van der Waals surface area (Å²) in [7, 11) is 0. The van der Waals surface area contributed by atoms with Crippen LogP contribution in [0.5, 0.6) is 0 Å². The minimum Gasteiger partial charge on any atom is -0.456 e. The van der Waals surface area contributed by atoms with Crippen LogP contribution in [0.4, 0.5) is 0 Å². The van der Waals surface area contributed by atoms with Crippen LogP contribution in [-0.2, 0) is 0 Å². The molecule has 0 fully saturated rings. The van der Waals surface area contributed by atoms with E-state index in [1.807, 2.05) is 54.6 Å². The standard InChI is InChI=1S/C39H25N3O/c1-3-11-26(12-4-1)28-15-9-17-31(23-28)38-40-37(27-13-5-2-6-14-27)41-39(42-38)32-18-10-16-29(24-32)30-21-22-34-33-19-7-8-20-35(33)43-36(34)25-30/h1-25H. The lowest BCUT2D eigenvalue weighted by atomic mass is 10.0. The van der Waals surface area contributed by atoms with Crippen molar-refractivity contribution in [3.8, 4) is 56.4 Å². The van der Waals surface area contributed by atoms with Crippen molar-refractivity contribution in [3.63, 3.8) is 0 Å². The molecule has 4 nitrogen and oxygen atoms in total. The summed E-state index contributed by atoms with van der Waals surface area (Å²) in [6.07, 6.45) is 0. The van der Waals surface area contributed by atoms with Crippen LogP contribution >= 0.6 is 0 Å². The molecule has 8 rings (SSSR count). The highest BCUT2D eigenvalue weighted by atomic mass is 16.3. The van der Waals surface area contributed by atoms with Crippen molar-refractivity contribution >= 4 is 21.9 Å². The lowest BCUT2D eigenvalue weighted by Crippen LogP contribution is -2.00. The van der Waals surface area contributed by atoms with Gasteiger partial charge < -0.3 is 4.42 Å². The zero-order valence-corrected chi connectivity index (χ0v) is 23.2. The van der Waals surface area contributed by atoms with E-state index in [1.165, 1.54) is 0 Å². The SMILES string of the molecule is c1ccc(-c2cccc(-c3nc(-c4ccccc4)nc(-c4cccc(-c5ccc6c(c5)oc5ccccc56)c4)n3)c2)cc1. The van der Waals surface area contributed by atoms with E-state index in [0.717, 1.165) is 60.9 Å². The van der Waals surface area contributed by atoms with E-state index in [0.29, 0.717) is 17.5 Å². The Balaban J connectivity index is 1.24. The molecule has 2 heterocycles. The molecule has 0 saturated heterocycles. The molecule has 8 aromatic rings. The van der Waals surface area contributed by atoms with Gasteiger partial charge in [0.2, 0.25) is 0 Å². The lowest BCUT2D eigenvalue weighted by molar-refractivity contribution is 0.669. The third kappa shape index (κ3) is 4.75. The van der Waals surface area contributed by atoms with Gasteiger partial charge >= 0.3 is 0 Å². The van der Waals surface area contributed by atoms with Crippen LogP contribution in [0, 0.1) is 0 Å². The number of furan rings is 1. The Hall–Kier alpha value is -5.87. The summed E-state index contributed by atoms with van der Waals surface area (Å²) >= 11 is 0. The Morgan fingerprint density at radius 3 is 1.44 bits per heavy atom. The first-order chi connectivity index (χ1) is 21.3. The van der Waals surface area contributed by atoms with E-state index < -0.39 is 0 Å². The van der Waals surface area contributed by atoms with E-state index >= 15 is 0 Å². The third-order valence-electron chi connectivity index (χ3n) is 7.73. The normalized spacial score (nSPS) is 11.3. The van der Waals surface area contributed by atoms with Gasteiger partial charge in [-0.15, -0.1) is 0 Å². The number of rotatable bonds is 5. The molecule has 6 aromatic carbocycles. The van der Waals surface area contributed by atoms with Crippen LogP contribution in [-0.4, -0.2) is 15.0 Å². The molecule has 0 aliphatic rings. The Bertz CT molecular complexity index is 2240. The highest BCUT2D eigenvalue weighted by Crippen LogP contribution is 2.34. The first kappa shape index (κ1) is 24.9.